The highest BCUT2D eigenvalue weighted by molar-refractivity contribution is 5.89. The predicted molar refractivity (Wildman–Crippen MR) is 68.7 cm³/mol. The van der Waals surface area contributed by atoms with E-state index in [0.29, 0.717) is 12.2 Å². The molecule has 1 saturated carbocycles. The zero-order valence-electron chi connectivity index (χ0n) is 11.2. The zero-order chi connectivity index (χ0) is 14.9. The van der Waals surface area contributed by atoms with Crippen LogP contribution in [0.15, 0.2) is 18.2 Å². The van der Waals surface area contributed by atoms with E-state index in [1.54, 1.807) is 13.0 Å². The van der Waals surface area contributed by atoms with Crippen molar-refractivity contribution >= 4 is 11.9 Å². The van der Waals surface area contributed by atoms with E-state index < -0.39 is 29.7 Å². The Labute approximate surface area is 115 Å². The Bertz CT molecular complexity index is 546. The Morgan fingerprint density at radius 2 is 2.15 bits per heavy atom. The number of nitrogens with one attached hydrogen (secondary N) is 1. The molecule has 1 aliphatic carbocycles. The summed E-state index contributed by atoms with van der Waals surface area (Å²) < 4.78 is 18.9. The summed E-state index contributed by atoms with van der Waals surface area (Å²) in [5.74, 6) is -2.60. The number of rotatable bonds is 5. The number of amides is 1. The first kappa shape index (κ1) is 14.3. The standard InChI is InChI=1S/C14H16FNO4/c1-7(12-10(15)4-3-5-11(12)20-2)16-13(17)8-6-9(8)14(18)19/h3-5,7-9H,6H2,1-2H3,(H,16,17)(H,18,19)/t7-,8+,9+/m0/s1. The molecular weight excluding hydrogens is 265 g/mol. The Balaban J connectivity index is 2.08. The van der Waals surface area contributed by atoms with Crippen molar-refractivity contribution in [3.63, 3.8) is 0 Å². The maximum Gasteiger partial charge on any atom is 0.307 e. The van der Waals surface area contributed by atoms with Crippen LogP contribution < -0.4 is 10.1 Å². The Kier molecular flexibility index (Phi) is 3.92. The van der Waals surface area contributed by atoms with Crippen LogP contribution in [0.5, 0.6) is 5.75 Å². The number of aliphatic carboxylic acids is 1. The summed E-state index contributed by atoms with van der Waals surface area (Å²) in [5, 5.41) is 11.4. The van der Waals surface area contributed by atoms with E-state index in [9.17, 15) is 14.0 Å². The Morgan fingerprint density at radius 1 is 1.45 bits per heavy atom. The summed E-state index contributed by atoms with van der Waals surface area (Å²) >= 11 is 0. The number of hydrogen-bond donors (Lipinski definition) is 2. The van der Waals surface area contributed by atoms with Crippen LogP contribution in [0.2, 0.25) is 0 Å². The summed E-state index contributed by atoms with van der Waals surface area (Å²) in [5.41, 5.74) is 0.260. The minimum atomic E-state index is -0.971. The third kappa shape index (κ3) is 2.74. The molecule has 20 heavy (non-hydrogen) atoms. The van der Waals surface area contributed by atoms with E-state index in [1.807, 2.05) is 0 Å². The molecule has 0 aromatic heterocycles. The van der Waals surface area contributed by atoms with Crippen LogP contribution in [0.1, 0.15) is 24.9 Å². The lowest BCUT2D eigenvalue weighted by Gasteiger charge is -2.18. The number of carboxylic acids is 1. The highest BCUT2D eigenvalue weighted by atomic mass is 19.1. The predicted octanol–water partition coefficient (Wildman–Crippen LogP) is 1.73. The molecule has 0 heterocycles. The van der Waals surface area contributed by atoms with Gasteiger partial charge in [-0.1, -0.05) is 6.07 Å². The van der Waals surface area contributed by atoms with Crippen LogP contribution in [-0.2, 0) is 9.59 Å². The van der Waals surface area contributed by atoms with Crippen molar-refractivity contribution in [2.24, 2.45) is 11.8 Å². The average Bonchev–Trinajstić information content (AvgIpc) is 3.18. The number of ether oxygens (including phenoxy) is 1. The zero-order valence-corrected chi connectivity index (χ0v) is 11.2. The molecule has 1 aromatic carbocycles. The number of benzene rings is 1. The quantitative estimate of drug-likeness (QED) is 0.862. The molecule has 1 amide bonds. The largest absolute Gasteiger partial charge is 0.496 e. The monoisotopic (exact) mass is 281 g/mol. The van der Waals surface area contributed by atoms with Gasteiger partial charge in [-0.25, -0.2) is 4.39 Å². The van der Waals surface area contributed by atoms with Crippen LogP contribution in [-0.4, -0.2) is 24.1 Å². The van der Waals surface area contributed by atoms with E-state index in [2.05, 4.69) is 5.32 Å². The van der Waals surface area contributed by atoms with Gasteiger partial charge in [0.25, 0.3) is 0 Å². The molecule has 108 valence electrons. The van der Waals surface area contributed by atoms with Gasteiger partial charge >= 0.3 is 5.97 Å². The van der Waals surface area contributed by atoms with Crippen molar-refractivity contribution in [3.05, 3.63) is 29.6 Å². The van der Waals surface area contributed by atoms with Gasteiger partial charge in [0, 0.05) is 0 Å². The molecule has 1 aromatic rings. The fraction of sp³-hybridized carbons (Fsp3) is 0.429. The minimum Gasteiger partial charge on any atom is -0.496 e. The molecule has 0 spiro atoms. The number of carboxylic acid groups (broad SMARTS) is 1. The smallest absolute Gasteiger partial charge is 0.307 e. The second kappa shape index (κ2) is 5.48. The number of halogens is 1. The molecule has 1 fully saturated rings. The Morgan fingerprint density at radius 3 is 2.70 bits per heavy atom. The van der Waals surface area contributed by atoms with Gasteiger partial charge in [0.15, 0.2) is 0 Å². The van der Waals surface area contributed by atoms with Crippen LogP contribution in [0.4, 0.5) is 4.39 Å². The number of methoxy groups -OCH3 is 1. The maximum absolute atomic E-state index is 13.8. The van der Waals surface area contributed by atoms with Crippen LogP contribution in [0.25, 0.3) is 0 Å². The molecule has 0 unspecified atom stereocenters. The molecule has 0 bridgehead atoms. The average molecular weight is 281 g/mol. The third-order valence-electron chi connectivity index (χ3n) is 3.47. The fourth-order valence-electron chi connectivity index (χ4n) is 2.27. The van der Waals surface area contributed by atoms with Crippen molar-refractivity contribution in [1.29, 1.82) is 0 Å². The van der Waals surface area contributed by atoms with E-state index in [-0.39, 0.29) is 11.5 Å². The highest BCUT2D eigenvalue weighted by Crippen LogP contribution is 2.39. The van der Waals surface area contributed by atoms with Crippen LogP contribution in [0, 0.1) is 17.7 Å². The number of hydrogen-bond acceptors (Lipinski definition) is 3. The number of carbonyl (C=O) groups is 2. The van der Waals surface area contributed by atoms with Gasteiger partial charge in [-0.2, -0.15) is 0 Å². The second-order valence-corrected chi connectivity index (χ2v) is 4.87. The molecular formula is C14H16FNO4. The summed E-state index contributed by atoms with van der Waals surface area (Å²) in [6.45, 7) is 1.64. The molecule has 1 aliphatic rings. The summed E-state index contributed by atoms with van der Waals surface area (Å²) in [6.07, 6.45) is 0.336. The summed E-state index contributed by atoms with van der Waals surface area (Å²) in [7, 11) is 1.42. The van der Waals surface area contributed by atoms with Crippen molar-refractivity contribution in [2.75, 3.05) is 7.11 Å². The molecule has 6 heteroatoms. The molecule has 0 saturated heterocycles. The van der Waals surface area contributed by atoms with Gasteiger partial charge in [0.2, 0.25) is 5.91 Å². The molecule has 3 atom stereocenters. The second-order valence-electron chi connectivity index (χ2n) is 4.87. The van der Waals surface area contributed by atoms with Crippen LogP contribution >= 0.6 is 0 Å². The van der Waals surface area contributed by atoms with Crippen LogP contribution in [0.3, 0.4) is 0 Å². The van der Waals surface area contributed by atoms with Crippen molar-refractivity contribution in [1.82, 2.24) is 5.32 Å². The first-order valence-corrected chi connectivity index (χ1v) is 6.31. The van der Waals surface area contributed by atoms with Gasteiger partial charge in [0.1, 0.15) is 11.6 Å². The van der Waals surface area contributed by atoms with Crippen molar-refractivity contribution in [2.45, 2.75) is 19.4 Å². The van der Waals surface area contributed by atoms with Crippen molar-refractivity contribution in [3.8, 4) is 5.75 Å². The van der Waals surface area contributed by atoms with E-state index >= 15 is 0 Å². The number of carbonyl (C=O) groups excluding carboxylic acids is 1. The lowest BCUT2D eigenvalue weighted by molar-refractivity contribution is -0.140. The maximum atomic E-state index is 13.8. The van der Waals surface area contributed by atoms with E-state index in [4.69, 9.17) is 9.84 Å². The third-order valence-corrected chi connectivity index (χ3v) is 3.47. The van der Waals surface area contributed by atoms with Gasteiger partial charge < -0.3 is 15.2 Å². The first-order chi connectivity index (χ1) is 9.45. The van der Waals surface area contributed by atoms with Gasteiger partial charge in [-0.15, -0.1) is 0 Å². The summed E-state index contributed by atoms with van der Waals surface area (Å²) in [6, 6.07) is 3.83. The first-order valence-electron chi connectivity index (χ1n) is 6.31. The van der Waals surface area contributed by atoms with Gasteiger partial charge in [0.05, 0.1) is 30.6 Å². The van der Waals surface area contributed by atoms with Gasteiger partial charge in [-0.05, 0) is 25.5 Å². The fourth-order valence-corrected chi connectivity index (χ4v) is 2.27. The van der Waals surface area contributed by atoms with Gasteiger partial charge in [-0.3, -0.25) is 9.59 Å². The van der Waals surface area contributed by atoms with E-state index in [1.165, 1.54) is 19.2 Å². The Hall–Kier alpha value is -2.11. The lowest BCUT2D eigenvalue weighted by Crippen LogP contribution is -2.30. The SMILES string of the molecule is COc1cccc(F)c1[C@H](C)NC(=O)[C@@H]1C[C@H]1C(=O)O. The minimum absolute atomic E-state index is 0.260. The summed E-state index contributed by atoms with van der Waals surface area (Å²) in [4.78, 5) is 22.6. The normalized spacial score (nSPS) is 21.9. The van der Waals surface area contributed by atoms with E-state index in [0.717, 1.165) is 0 Å². The van der Waals surface area contributed by atoms with Crippen molar-refractivity contribution < 1.29 is 23.8 Å². The molecule has 2 rings (SSSR count). The molecule has 0 aliphatic heterocycles. The molecule has 0 radical (unpaired) electrons. The molecule has 5 nitrogen and oxygen atoms in total. The highest BCUT2D eigenvalue weighted by Gasteiger charge is 2.48. The molecule has 2 N–H and O–H groups in total. The lowest BCUT2D eigenvalue weighted by atomic mass is 10.1. The topological polar surface area (TPSA) is 75.6 Å².